The lowest BCUT2D eigenvalue weighted by atomic mass is 10.2. The summed E-state index contributed by atoms with van der Waals surface area (Å²) in [6, 6.07) is 11.5. The molecule has 164 valence electrons. The Morgan fingerprint density at radius 2 is 1.58 bits per heavy atom. The van der Waals surface area contributed by atoms with Crippen LogP contribution in [0.5, 0.6) is 0 Å². The van der Waals surface area contributed by atoms with Crippen LogP contribution in [-0.4, -0.2) is 72.9 Å². The molecule has 0 radical (unpaired) electrons. The van der Waals surface area contributed by atoms with Gasteiger partial charge in [0.2, 0.25) is 0 Å². The van der Waals surface area contributed by atoms with Gasteiger partial charge in [0, 0.05) is 37.9 Å². The lowest BCUT2D eigenvalue weighted by Crippen LogP contribution is -2.41. The van der Waals surface area contributed by atoms with Crippen LogP contribution in [0.25, 0.3) is 5.82 Å². The average molecular weight is 464 g/mol. The maximum absolute atomic E-state index is 12.9. The molecule has 3 heterocycles. The molecule has 1 aromatic carbocycles. The van der Waals surface area contributed by atoms with Crippen molar-refractivity contribution in [2.75, 3.05) is 57.5 Å². The topological polar surface area (TPSA) is 72.2 Å². The molecule has 0 saturated carbocycles. The van der Waals surface area contributed by atoms with E-state index in [4.69, 9.17) is 37.7 Å². The number of hydrogen-bond donors (Lipinski definition) is 0. The third-order valence-electron chi connectivity index (χ3n) is 5.08. The lowest BCUT2D eigenvalue weighted by molar-refractivity contribution is 0.0683. The predicted molar refractivity (Wildman–Crippen MR) is 122 cm³/mol. The van der Waals surface area contributed by atoms with Crippen molar-refractivity contribution >= 4 is 40.7 Å². The fourth-order valence-corrected chi connectivity index (χ4v) is 3.76. The Hall–Kier alpha value is -2.39. The fourth-order valence-electron chi connectivity index (χ4n) is 3.49. The number of hydrogen-bond acceptors (Lipinski definition) is 6. The van der Waals surface area contributed by atoms with Crippen LogP contribution in [0, 0.1) is 0 Å². The second kappa shape index (κ2) is 10.3. The Labute approximate surface area is 190 Å². The summed E-state index contributed by atoms with van der Waals surface area (Å²) in [6.45, 7) is 5.10. The van der Waals surface area contributed by atoms with Crippen molar-refractivity contribution < 1.29 is 9.47 Å². The maximum Gasteiger partial charge on any atom is 0.355 e. The van der Waals surface area contributed by atoms with Crippen molar-refractivity contribution in [3.63, 3.8) is 0 Å². The normalized spacial score (nSPS) is 17.5. The molecule has 4 rings (SSSR count). The van der Waals surface area contributed by atoms with Gasteiger partial charge in [0.15, 0.2) is 5.82 Å². The molecule has 10 heteroatoms. The first-order valence-electron chi connectivity index (χ1n) is 10.1. The molecular formula is C21H23Cl2N5O3. The molecule has 0 spiro atoms. The molecule has 0 N–H and O–H groups in total. The van der Waals surface area contributed by atoms with Crippen molar-refractivity contribution in [1.82, 2.24) is 14.5 Å². The van der Waals surface area contributed by atoms with Crippen LogP contribution in [0.15, 0.2) is 56.9 Å². The van der Waals surface area contributed by atoms with Gasteiger partial charge in [0.1, 0.15) is 16.1 Å². The summed E-state index contributed by atoms with van der Waals surface area (Å²) in [7, 11) is 0. The van der Waals surface area contributed by atoms with Gasteiger partial charge in [0.05, 0.1) is 26.4 Å². The Bertz CT molecular complexity index is 1010. The number of halogens is 2. The van der Waals surface area contributed by atoms with E-state index >= 15 is 0 Å². The summed E-state index contributed by atoms with van der Waals surface area (Å²) in [4.78, 5) is 25.9. The zero-order valence-corrected chi connectivity index (χ0v) is 18.4. The van der Waals surface area contributed by atoms with Crippen LogP contribution in [0.1, 0.15) is 5.56 Å². The van der Waals surface area contributed by atoms with Gasteiger partial charge in [-0.1, -0.05) is 53.5 Å². The van der Waals surface area contributed by atoms with Crippen LogP contribution in [0.3, 0.4) is 0 Å². The Morgan fingerprint density at radius 3 is 2.19 bits per heavy atom. The van der Waals surface area contributed by atoms with Gasteiger partial charge < -0.3 is 19.3 Å². The molecule has 2 aliphatic heterocycles. The van der Waals surface area contributed by atoms with E-state index in [2.05, 4.69) is 9.88 Å². The highest BCUT2D eigenvalue weighted by Crippen LogP contribution is 2.22. The molecule has 2 aliphatic rings. The highest BCUT2D eigenvalue weighted by atomic mass is 35.5. The molecule has 0 bridgehead atoms. The van der Waals surface area contributed by atoms with Gasteiger partial charge in [-0.25, -0.2) is 14.4 Å². The van der Waals surface area contributed by atoms with Crippen molar-refractivity contribution in [1.29, 1.82) is 0 Å². The first-order chi connectivity index (χ1) is 15.1. The van der Waals surface area contributed by atoms with E-state index in [9.17, 15) is 4.79 Å². The number of aliphatic imine (C=N–C) groups is 1. The summed E-state index contributed by atoms with van der Waals surface area (Å²) < 4.78 is 12.0. The number of amidine groups is 1. The quantitative estimate of drug-likeness (QED) is 0.512. The van der Waals surface area contributed by atoms with Crippen molar-refractivity contribution in [3.05, 3.63) is 63.1 Å². The molecule has 2 aromatic rings. The van der Waals surface area contributed by atoms with Gasteiger partial charge in [-0.2, -0.15) is 4.98 Å². The van der Waals surface area contributed by atoms with Crippen molar-refractivity contribution in [2.45, 2.75) is 0 Å². The summed E-state index contributed by atoms with van der Waals surface area (Å²) in [5.41, 5.74) is 0.387. The maximum atomic E-state index is 12.9. The van der Waals surface area contributed by atoms with Gasteiger partial charge in [-0.05, 0) is 6.07 Å². The molecule has 0 unspecified atom stereocenters. The standard InChI is InChI=1S/C21H23Cl2N5O3/c22-18(23)20(28-7-6-17(24-21(28)29)26-8-12-30-13-9-26)25-19(16-4-2-1-3-5-16)27-10-14-31-15-11-27/h1-7H,8-15H2/b25-19-. The summed E-state index contributed by atoms with van der Waals surface area (Å²) in [5.74, 6) is 1.39. The zero-order chi connectivity index (χ0) is 21.6. The van der Waals surface area contributed by atoms with Crippen LogP contribution in [-0.2, 0) is 9.47 Å². The lowest BCUT2D eigenvalue weighted by Gasteiger charge is -2.30. The molecular weight excluding hydrogens is 441 g/mol. The van der Waals surface area contributed by atoms with Crippen molar-refractivity contribution in [3.8, 4) is 0 Å². The predicted octanol–water partition coefficient (Wildman–Crippen LogP) is 2.42. The van der Waals surface area contributed by atoms with E-state index in [1.54, 1.807) is 12.3 Å². The molecule has 0 atom stereocenters. The zero-order valence-electron chi connectivity index (χ0n) is 16.9. The number of ether oxygens (including phenoxy) is 2. The average Bonchev–Trinajstić information content (AvgIpc) is 2.82. The van der Waals surface area contributed by atoms with Crippen molar-refractivity contribution in [2.24, 2.45) is 4.99 Å². The second-order valence-corrected chi connectivity index (χ2v) is 7.97. The van der Waals surface area contributed by atoms with E-state index in [1.807, 2.05) is 35.2 Å². The Kier molecular flexibility index (Phi) is 7.24. The number of anilines is 1. The highest BCUT2D eigenvalue weighted by Gasteiger charge is 2.20. The van der Waals surface area contributed by atoms with Crippen LogP contribution >= 0.6 is 23.2 Å². The molecule has 2 fully saturated rings. The summed E-state index contributed by atoms with van der Waals surface area (Å²) >= 11 is 12.4. The van der Waals surface area contributed by atoms with Gasteiger partial charge in [-0.15, -0.1) is 0 Å². The van der Waals surface area contributed by atoms with E-state index in [-0.39, 0.29) is 10.3 Å². The number of rotatable bonds is 4. The fraction of sp³-hybridized carbons (Fsp3) is 0.381. The van der Waals surface area contributed by atoms with E-state index in [0.29, 0.717) is 64.3 Å². The number of morpholine rings is 2. The van der Waals surface area contributed by atoms with Gasteiger partial charge >= 0.3 is 5.69 Å². The number of aromatic nitrogens is 2. The number of benzene rings is 1. The molecule has 8 nitrogen and oxygen atoms in total. The highest BCUT2D eigenvalue weighted by molar-refractivity contribution is 6.58. The van der Waals surface area contributed by atoms with Crippen LogP contribution < -0.4 is 10.6 Å². The van der Waals surface area contributed by atoms with Gasteiger partial charge in [0.25, 0.3) is 0 Å². The first kappa shape index (κ1) is 21.8. The molecule has 31 heavy (non-hydrogen) atoms. The smallest absolute Gasteiger partial charge is 0.355 e. The van der Waals surface area contributed by atoms with Crippen LogP contribution in [0.4, 0.5) is 5.82 Å². The number of nitrogens with zero attached hydrogens (tertiary/aromatic N) is 5. The van der Waals surface area contributed by atoms with Gasteiger partial charge in [-0.3, -0.25) is 0 Å². The molecule has 0 aliphatic carbocycles. The Morgan fingerprint density at radius 1 is 0.935 bits per heavy atom. The molecule has 2 saturated heterocycles. The Balaban J connectivity index is 1.72. The second-order valence-electron chi connectivity index (χ2n) is 7.02. The van der Waals surface area contributed by atoms with Crippen LogP contribution in [0.2, 0.25) is 0 Å². The minimum absolute atomic E-state index is 0.121. The van der Waals surface area contributed by atoms with E-state index in [1.165, 1.54) is 4.57 Å². The third kappa shape index (κ3) is 5.27. The van der Waals surface area contributed by atoms with E-state index in [0.717, 1.165) is 5.56 Å². The third-order valence-corrected chi connectivity index (χ3v) is 5.41. The first-order valence-corrected chi connectivity index (χ1v) is 10.8. The SMILES string of the molecule is O=c1nc(N2CCOCC2)ccn1C(/N=C(/c1ccccc1)N1CCOCC1)=C(Cl)Cl. The minimum atomic E-state index is -0.504. The molecule has 0 amide bonds. The monoisotopic (exact) mass is 463 g/mol. The molecule has 1 aromatic heterocycles. The van der Waals surface area contributed by atoms with E-state index < -0.39 is 5.69 Å². The largest absolute Gasteiger partial charge is 0.378 e. The summed E-state index contributed by atoms with van der Waals surface area (Å²) in [6.07, 6.45) is 1.60. The summed E-state index contributed by atoms with van der Waals surface area (Å²) in [5, 5.41) is 0. The minimum Gasteiger partial charge on any atom is -0.378 e.